The zero-order valence-corrected chi connectivity index (χ0v) is 17.5. The molecule has 0 aliphatic rings. The van der Waals surface area contributed by atoms with Crippen molar-refractivity contribution in [3.05, 3.63) is 72.4 Å². The first-order valence-corrected chi connectivity index (χ1v) is 10.8. The van der Waals surface area contributed by atoms with Crippen LogP contribution in [0.1, 0.15) is 31.2 Å². The topological polar surface area (TPSA) is 20.7 Å². The number of benzene rings is 2. The molecule has 0 spiro atoms. The standard InChI is InChI=1S/C23H27BrN3/c1-26(21-11-5-4-6-12-21)25-19-20-15-18-27(17-10-3-2-9-16-24)23-14-8-7-13-22(20)23/h4-8,11-15,18-19H,2-3,9-10,16-17H2,1H3/q+1/p+1. The summed E-state index contributed by atoms with van der Waals surface area (Å²) in [5, 5.41) is 8.11. The van der Waals surface area contributed by atoms with Crippen LogP contribution in [0.25, 0.3) is 10.9 Å². The van der Waals surface area contributed by atoms with Crippen LogP contribution in [0.4, 0.5) is 5.69 Å². The maximum Gasteiger partial charge on any atom is 0.213 e. The van der Waals surface area contributed by atoms with E-state index in [0.717, 1.165) is 28.1 Å². The van der Waals surface area contributed by atoms with E-state index in [2.05, 4.69) is 76.2 Å². The van der Waals surface area contributed by atoms with Gasteiger partial charge in [0.2, 0.25) is 5.52 Å². The molecular weight excluding hydrogens is 398 g/mol. The van der Waals surface area contributed by atoms with Crippen molar-refractivity contribution in [3.63, 3.8) is 0 Å². The minimum absolute atomic E-state index is 1.03. The Morgan fingerprint density at radius 3 is 2.48 bits per heavy atom. The summed E-state index contributed by atoms with van der Waals surface area (Å²) in [7, 11) is 2.06. The Kier molecular flexibility index (Phi) is 7.55. The normalized spacial score (nSPS) is 12.7. The lowest BCUT2D eigenvalue weighted by Crippen LogP contribution is -2.98. The number of pyridine rings is 1. The van der Waals surface area contributed by atoms with E-state index >= 15 is 0 Å². The van der Waals surface area contributed by atoms with Crippen molar-refractivity contribution in [2.75, 3.05) is 12.4 Å². The number of halogens is 1. The average molecular weight is 426 g/mol. The van der Waals surface area contributed by atoms with Crippen LogP contribution in [-0.4, -0.2) is 18.6 Å². The third-order valence-corrected chi connectivity index (χ3v) is 5.39. The number of aromatic nitrogens is 1. The van der Waals surface area contributed by atoms with Crippen molar-refractivity contribution in [1.29, 1.82) is 0 Å². The number of fused-ring (bicyclic) bond motifs is 1. The van der Waals surface area contributed by atoms with E-state index in [0.29, 0.717) is 0 Å². The van der Waals surface area contributed by atoms with E-state index in [9.17, 15) is 0 Å². The van der Waals surface area contributed by atoms with Gasteiger partial charge in [0, 0.05) is 41.6 Å². The summed E-state index contributed by atoms with van der Waals surface area (Å²) in [5.41, 5.74) is 3.60. The highest BCUT2D eigenvalue weighted by molar-refractivity contribution is 9.09. The first-order chi connectivity index (χ1) is 13.3. The predicted octanol–water partition coefficient (Wildman–Crippen LogP) is 4.26. The molecule has 0 bridgehead atoms. The Morgan fingerprint density at radius 1 is 0.926 bits per heavy atom. The molecule has 0 aliphatic heterocycles. The van der Waals surface area contributed by atoms with Crippen molar-refractivity contribution in [3.8, 4) is 0 Å². The van der Waals surface area contributed by atoms with Gasteiger partial charge in [0.1, 0.15) is 6.54 Å². The fourth-order valence-electron chi connectivity index (χ4n) is 3.27. The minimum Gasteiger partial charge on any atom is -0.198 e. The summed E-state index contributed by atoms with van der Waals surface area (Å²) in [4.78, 5) is 0. The molecule has 0 radical (unpaired) electrons. The lowest BCUT2D eigenvalue weighted by atomic mass is 10.1. The number of nitrogens with one attached hydrogen (secondary N) is 1. The van der Waals surface area contributed by atoms with Gasteiger partial charge in [-0.25, -0.2) is 0 Å². The van der Waals surface area contributed by atoms with Crippen LogP contribution in [0.3, 0.4) is 0 Å². The van der Waals surface area contributed by atoms with Gasteiger partial charge in [0.25, 0.3) is 0 Å². The Bertz CT molecular complexity index is 877. The van der Waals surface area contributed by atoms with Crippen molar-refractivity contribution >= 4 is 38.7 Å². The van der Waals surface area contributed by atoms with Crippen LogP contribution in [0.2, 0.25) is 0 Å². The zero-order chi connectivity index (χ0) is 18.9. The van der Waals surface area contributed by atoms with Crippen molar-refractivity contribution in [1.82, 2.24) is 0 Å². The van der Waals surface area contributed by atoms with Gasteiger partial charge in [0.05, 0.1) is 18.6 Å². The van der Waals surface area contributed by atoms with E-state index in [4.69, 9.17) is 5.10 Å². The molecule has 0 saturated heterocycles. The Hall–Kier alpha value is -2.04. The molecule has 4 heteroatoms. The molecule has 1 unspecified atom stereocenters. The van der Waals surface area contributed by atoms with Gasteiger partial charge in [-0.2, -0.15) is 9.58 Å². The van der Waals surface area contributed by atoms with Crippen LogP contribution >= 0.6 is 15.9 Å². The second kappa shape index (κ2) is 10.3. The van der Waals surface area contributed by atoms with Gasteiger partial charge >= 0.3 is 0 Å². The summed E-state index contributed by atoms with van der Waals surface area (Å²) in [5.74, 6) is 0. The molecule has 0 fully saturated rings. The largest absolute Gasteiger partial charge is 0.213 e. The maximum atomic E-state index is 4.72. The number of aryl methyl sites for hydroxylation is 1. The molecule has 0 amide bonds. The minimum atomic E-state index is 1.03. The smallest absolute Gasteiger partial charge is 0.198 e. The lowest BCUT2D eigenvalue weighted by molar-refractivity contribution is -0.816. The van der Waals surface area contributed by atoms with Gasteiger partial charge < -0.3 is 0 Å². The summed E-state index contributed by atoms with van der Waals surface area (Å²) >= 11 is 3.51. The monoisotopic (exact) mass is 425 g/mol. The maximum absolute atomic E-state index is 4.72. The molecule has 1 atom stereocenters. The quantitative estimate of drug-likeness (QED) is 0.174. The molecule has 0 saturated carbocycles. The van der Waals surface area contributed by atoms with E-state index in [1.54, 1.807) is 0 Å². The first kappa shape index (κ1) is 19.7. The molecule has 1 aromatic heterocycles. The Balaban J connectivity index is 1.77. The fourth-order valence-corrected chi connectivity index (χ4v) is 3.66. The van der Waals surface area contributed by atoms with Gasteiger partial charge in [0.15, 0.2) is 11.9 Å². The van der Waals surface area contributed by atoms with E-state index < -0.39 is 0 Å². The van der Waals surface area contributed by atoms with Gasteiger partial charge in [-0.15, -0.1) is 0 Å². The average Bonchev–Trinajstić information content (AvgIpc) is 2.73. The van der Waals surface area contributed by atoms with Gasteiger partial charge in [-0.05, 0) is 18.9 Å². The van der Waals surface area contributed by atoms with Crippen molar-refractivity contribution in [2.24, 2.45) is 5.10 Å². The lowest BCUT2D eigenvalue weighted by Gasteiger charge is -2.06. The second-order valence-corrected chi connectivity index (χ2v) is 7.59. The molecule has 27 heavy (non-hydrogen) atoms. The summed E-state index contributed by atoms with van der Waals surface area (Å²) in [6.07, 6.45) is 9.25. The summed E-state index contributed by atoms with van der Waals surface area (Å²) in [6.45, 7) is 1.06. The van der Waals surface area contributed by atoms with E-state index in [1.807, 2.05) is 24.4 Å². The number of rotatable bonds is 9. The zero-order valence-electron chi connectivity index (χ0n) is 15.9. The molecule has 2 aromatic carbocycles. The third kappa shape index (κ3) is 5.47. The summed E-state index contributed by atoms with van der Waals surface area (Å²) in [6, 6.07) is 21.1. The molecule has 0 aliphatic carbocycles. The highest BCUT2D eigenvalue weighted by atomic mass is 79.9. The van der Waals surface area contributed by atoms with Crippen LogP contribution in [0, 0.1) is 0 Å². The van der Waals surface area contributed by atoms with Crippen LogP contribution in [0.15, 0.2) is 72.0 Å². The highest BCUT2D eigenvalue weighted by Crippen LogP contribution is 2.14. The fraction of sp³-hybridized carbons (Fsp3) is 0.304. The van der Waals surface area contributed by atoms with Crippen molar-refractivity contribution < 1.29 is 9.58 Å². The van der Waals surface area contributed by atoms with Gasteiger partial charge in [-0.1, -0.05) is 57.8 Å². The van der Waals surface area contributed by atoms with Gasteiger partial charge in [-0.3, -0.25) is 0 Å². The molecule has 1 heterocycles. The number of hydrogen-bond acceptors (Lipinski definition) is 1. The molecule has 1 N–H and O–H groups in total. The first-order valence-electron chi connectivity index (χ1n) is 9.70. The SMILES string of the molecule is C[NH+](/N=C/c1cc[n+](CCCCCCBr)c2ccccc12)c1ccccc1. The molecule has 3 rings (SSSR count). The molecule has 140 valence electrons. The Labute approximate surface area is 170 Å². The van der Waals surface area contributed by atoms with Crippen LogP contribution < -0.4 is 9.58 Å². The molecule has 3 aromatic rings. The Morgan fingerprint density at radius 2 is 1.67 bits per heavy atom. The van der Waals surface area contributed by atoms with E-state index in [1.165, 1.54) is 36.6 Å². The van der Waals surface area contributed by atoms with E-state index in [-0.39, 0.29) is 0 Å². The highest BCUT2D eigenvalue weighted by Gasteiger charge is 2.12. The van der Waals surface area contributed by atoms with Crippen LogP contribution in [-0.2, 0) is 6.54 Å². The van der Waals surface area contributed by atoms with Crippen LogP contribution in [0.5, 0.6) is 0 Å². The number of hydrogen-bond donors (Lipinski definition) is 1. The number of unbranched alkanes of at least 4 members (excludes halogenated alkanes) is 3. The van der Waals surface area contributed by atoms with Crippen molar-refractivity contribution in [2.45, 2.75) is 32.2 Å². The summed E-state index contributed by atoms with van der Waals surface area (Å²) < 4.78 is 2.37. The predicted molar refractivity (Wildman–Crippen MR) is 117 cm³/mol. The molecular formula is C23H28BrN3+2. The second-order valence-electron chi connectivity index (χ2n) is 6.79. The number of para-hydroxylation sites is 2. The number of quaternary nitrogens is 1. The molecule has 3 nitrogen and oxygen atoms in total. The third-order valence-electron chi connectivity index (χ3n) is 4.83. The number of nitrogens with zero attached hydrogens (tertiary/aromatic N) is 2. The number of alkyl halides is 1.